The fourth-order valence-corrected chi connectivity index (χ4v) is 0.306. The van der Waals surface area contributed by atoms with Crippen LogP contribution in [0.15, 0.2) is 12.7 Å². The van der Waals surface area contributed by atoms with E-state index in [9.17, 15) is 5.11 Å². The Hall–Kier alpha value is 1.34. The first kappa shape index (κ1) is 13.9. The maximum Gasteiger partial charge on any atom is 1.00 e. The molecule has 0 aliphatic carbocycles. The summed E-state index contributed by atoms with van der Waals surface area (Å²) in [7, 11) is 0. The molecule has 0 saturated carbocycles. The van der Waals surface area contributed by atoms with Gasteiger partial charge in [0, 0.05) is 0 Å². The van der Waals surface area contributed by atoms with Crippen LogP contribution in [0.25, 0.3) is 0 Å². The molecule has 0 aromatic heterocycles. The van der Waals surface area contributed by atoms with Crippen molar-refractivity contribution < 1.29 is 56.5 Å². The maximum atomic E-state index is 9.54. The van der Waals surface area contributed by atoms with Gasteiger partial charge in [-0.2, -0.15) is 0 Å². The van der Waals surface area contributed by atoms with Gasteiger partial charge < -0.3 is 5.11 Å². The molecule has 54 valence electrons. The van der Waals surface area contributed by atoms with Gasteiger partial charge in [-0.25, -0.2) is 0 Å². The Morgan fingerprint density at radius 1 is 1.20 bits per heavy atom. The van der Waals surface area contributed by atoms with Gasteiger partial charge in [0.05, 0.1) is 5.60 Å². The number of rotatable bonds is 1. The molecule has 0 heterocycles. The van der Waals surface area contributed by atoms with Crippen LogP contribution in [0, 0.1) is 5.41 Å². The van der Waals surface area contributed by atoms with E-state index in [0.29, 0.717) is 0 Å². The molecule has 0 amide bonds. The summed E-state index contributed by atoms with van der Waals surface area (Å²) >= 11 is 0. The summed E-state index contributed by atoms with van der Waals surface area (Å²) in [6.45, 7) is 11.3. The molecule has 0 aromatic rings. The zero-order valence-electron chi connectivity index (χ0n) is 7.73. The zero-order chi connectivity index (χ0) is 7.71. The van der Waals surface area contributed by atoms with Gasteiger partial charge in [-0.3, -0.25) is 0 Å². The molecular formula is C8H16KO+. The molecule has 10 heavy (non-hydrogen) atoms. The Bertz CT molecular complexity index is 111. The van der Waals surface area contributed by atoms with Crippen LogP contribution >= 0.6 is 0 Å². The summed E-state index contributed by atoms with van der Waals surface area (Å²) in [5.41, 5.74) is -0.873. The third-order valence-electron chi connectivity index (χ3n) is 1.92. The van der Waals surface area contributed by atoms with Gasteiger partial charge in [-0.15, -0.1) is 6.58 Å². The first-order valence-electron chi connectivity index (χ1n) is 3.17. The average Bonchev–Trinajstić information content (AvgIpc) is 1.64. The van der Waals surface area contributed by atoms with Gasteiger partial charge in [-0.1, -0.05) is 26.8 Å². The van der Waals surface area contributed by atoms with Crippen molar-refractivity contribution in [3.05, 3.63) is 12.7 Å². The molecule has 0 aliphatic rings. The Morgan fingerprint density at radius 2 is 1.50 bits per heavy atom. The topological polar surface area (TPSA) is 20.2 Å². The van der Waals surface area contributed by atoms with Gasteiger partial charge in [-0.05, 0) is 12.3 Å². The van der Waals surface area contributed by atoms with Crippen molar-refractivity contribution in [3.8, 4) is 0 Å². The molecule has 0 rings (SSSR count). The quantitative estimate of drug-likeness (QED) is 0.391. The molecule has 1 atom stereocenters. The molecule has 2 heteroatoms. The third-order valence-corrected chi connectivity index (χ3v) is 1.92. The van der Waals surface area contributed by atoms with Gasteiger partial charge in [0.1, 0.15) is 0 Å². The molecule has 0 spiro atoms. The van der Waals surface area contributed by atoms with Crippen molar-refractivity contribution in [2.75, 3.05) is 0 Å². The van der Waals surface area contributed by atoms with Crippen LogP contribution in [0.4, 0.5) is 0 Å². The van der Waals surface area contributed by atoms with E-state index in [0.717, 1.165) is 0 Å². The molecule has 1 nitrogen and oxygen atoms in total. The van der Waals surface area contributed by atoms with Crippen molar-refractivity contribution in [2.24, 2.45) is 5.41 Å². The van der Waals surface area contributed by atoms with Crippen LogP contribution in [0.5, 0.6) is 0 Å². The van der Waals surface area contributed by atoms with Crippen molar-refractivity contribution in [1.29, 1.82) is 0 Å². The van der Waals surface area contributed by atoms with Crippen LogP contribution in [-0.2, 0) is 0 Å². The van der Waals surface area contributed by atoms with Crippen molar-refractivity contribution >= 4 is 0 Å². The van der Waals surface area contributed by atoms with Crippen LogP contribution < -0.4 is 51.4 Å². The normalized spacial score (nSPS) is 16.9. The van der Waals surface area contributed by atoms with Crippen LogP contribution in [0.3, 0.4) is 0 Å². The number of aliphatic hydroxyl groups is 1. The average molecular weight is 167 g/mol. The van der Waals surface area contributed by atoms with Gasteiger partial charge in [0.15, 0.2) is 0 Å². The minimum absolute atomic E-state index is 0. The maximum absolute atomic E-state index is 9.54. The molecular weight excluding hydrogens is 151 g/mol. The first-order valence-corrected chi connectivity index (χ1v) is 3.17. The molecule has 0 fully saturated rings. The van der Waals surface area contributed by atoms with Gasteiger partial charge >= 0.3 is 51.4 Å². The van der Waals surface area contributed by atoms with Gasteiger partial charge in [0.2, 0.25) is 0 Å². The van der Waals surface area contributed by atoms with E-state index < -0.39 is 5.60 Å². The van der Waals surface area contributed by atoms with Crippen molar-refractivity contribution in [2.45, 2.75) is 33.3 Å². The molecule has 0 aromatic carbocycles. The molecule has 1 unspecified atom stereocenters. The molecule has 0 bridgehead atoms. The van der Waals surface area contributed by atoms with E-state index >= 15 is 0 Å². The van der Waals surface area contributed by atoms with Crippen molar-refractivity contribution in [1.82, 2.24) is 0 Å². The van der Waals surface area contributed by atoms with E-state index in [1.165, 1.54) is 0 Å². The predicted octanol–water partition coefficient (Wildman–Crippen LogP) is -1.03. The second-order valence-corrected chi connectivity index (χ2v) is 3.60. The SMILES string of the molecule is C=CC(C)(O)C(C)(C)C.[K+]. The van der Waals surface area contributed by atoms with E-state index in [1.54, 1.807) is 13.0 Å². The Morgan fingerprint density at radius 3 is 1.50 bits per heavy atom. The largest absolute Gasteiger partial charge is 1.00 e. The van der Waals surface area contributed by atoms with Crippen LogP contribution in [0.2, 0.25) is 0 Å². The first-order chi connectivity index (χ1) is 3.81. The summed E-state index contributed by atoms with van der Waals surface area (Å²) in [4.78, 5) is 0. The Kier molecular flexibility index (Phi) is 6.09. The second kappa shape index (κ2) is 4.38. The summed E-state index contributed by atoms with van der Waals surface area (Å²) in [5, 5.41) is 9.54. The van der Waals surface area contributed by atoms with Crippen LogP contribution in [0.1, 0.15) is 27.7 Å². The summed E-state index contributed by atoms with van der Waals surface area (Å²) in [6, 6.07) is 0. The molecule has 0 aliphatic heterocycles. The third kappa shape index (κ3) is 3.65. The fraction of sp³-hybridized carbons (Fsp3) is 0.750. The molecule has 0 saturated heterocycles. The number of hydrogen-bond donors (Lipinski definition) is 1. The smallest absolute Gasteiger partial charge is 0.386 e. The van der Waals surface area contributed by atoms with E-state index in [1.807, 2.05) is 20.8 Å². The predicted molar refractivity (Wildman–Crippen MR) is 40.3 cm³/mol. The minimum Gasteiger partial charge on any atom is -0.386 e. The minimum atomic E-state index is -0.757. The van der Waals surface area contributed by atoms with Gasteiger partial charge in [0.25, 0.3) is 0 Å². The van der Waals surface area contributed by atoms with Crippen molar-refractivity contribution in [3.63, 3.8) is 0 Å². The van der Waals surface area contributed by atoms with E-state index in [-0.39, 0.29) is 56.8 Å². The Labute approximate surface area is 106 Å². The standard InChI is InChI=1S/C8H16O.K/c1-6-8(5,9)7(2,3)4;/h6,9H,1H2,2-5H3;/q;+1. The van der Waals surface area contributed by atoms with E-state index in [4.69, 9.17) is 0 Å². The van der Waals surface area contributed by atoms with E-state index in [2.05, 4.69) is 6.58 Å². The monoisotopic (exact) mass is 167 g/mol. The van der Waals surface area contributed by atoms with Crippen LogP contribution in [-0.4, -0.2) is 10.7 Å². The molecule has 1 N–H and O–H groups in total. The summed E-state index contributed by atoms with van der Waals surface area (Å²) in [6.07, 6.45) is 1.58. The summed E-state index contributed by atoms with van der Waals surface area (Å²) in [5.74, 6) is 0. The Balaban J connectivity index is 0. The zero-order valence-corrected chi connectivity index (χ0v) is 10.9. The molecule has 0 radical (unpaired) electrons. The summed E-state index contributed by atoms with van der Waals surface area (Å²) < 4.78 is 0. The second-order valence-electron chi connectivity index (χ2n) is 3.60. The number of hydrogen-bond acceptors (Lipinski definition) is 1. The fourth-order valence-electron chi connectivity index (χ4n) is 0.306.